The number of carboxylic acids is 1. The predicted molar refractivity (Wildman–Crippen MR) is 79.9 cm³/mol. The summed E-state index contributed by atoms with van der Waals surface area (Å²) in [6, 6.07) is 5.13. The molecule has 112 valence electrons. The molecule has 0 aliphatic carbocycles. The molecule has 21 heavy (non-hydrogen) atoms. The minimum Gasteiger partial charge on any atom is -0.478 e. The van der Waals surface area contributed by atoms with Crippen LogP contribution in [0.2, 0.25) is 0 Å². The van der Waals surface area contributed by atoms with Gasteiger partial charge in [-0.05, 0) is 25.3 Å². The number of carboxylic acid groups (broad SMARTS) is 1. The van der Waals surface area contributed by atoms with Gasteiger partial charge in [0, 0.05) is 17.4 Å². The predicted octanol–water partition coefficient (Wildman–Crippen LogP) is 3.27. The molecule has 5 nitrogen and oxygen atoms in total. The van der Waals surface area contributed by atoms with Gasteiger partial charge in [0.2, 0.25) is 0 Å². The van der Waals surface area contributed by atoms with Crippen molar-refractivity contribution >= 4 is 23.2 Å². The van der Waals surface area contributed by atoms with E-state index in [1.165, 1.54) is 6.07 Å². The van der Waals surface area contributed by atoms with Crippen LogP contribution in [-0.2, 0) is 12.0 Å². The van der Waals surface area contributed by atoms with E-state index in [0.717, 1.165) is 4.88 Å². The first kappa shape index (κ1) is 15.3. The highest BCUT2D eigenvalue weighted by Crippen LogP contribution is 2.25. The largest absolute Gasteiger partial charge is 0.478 e. The van der Waals surface area contributed by atoms with Crippen LogP contribution in [0.25, 0.3) is 0 Å². The molecule has 0 aromatic carbocycles. The quantitative estimate of drug-likeness (QED) is 0.888. The zero-order valence-corrected chi connectivity index (χ0v) is 12.9. The van der Waals surface area contributed by atoms with Crippen molar-refractivity contribution in [3.05, 3.63) is 45.5 Å². The van der Waals surface area contributed by atoms with E-state index < -0.39 is 17.4 Å². The van der Waals surface area contributed by atoms with Crippen molar-refractivity contribution in [1.29, 1.82) is 0 Å². The average molecular weight is 307 g/mol. The van der Waals surface area contributed by atoms with E-state index in [-0.39, 0.29) is 11.3 Å². The van der Waals surface area contributed by atoms with Crippen LogP contribution in [0, 0.1) is 0 Å². The first-order valence-corrected chi connectivity index (χ1v) is 7.45. The monoisotopic (exact) mass is 307 g/mol. The number of amides is 1. The van der Waals surface area contributed by atoms with E-state index >= 15 is 0 Å². The lowest BCUT2D eigenvalue weighted by Crippen LogP contribution is -2.40. The number of carbonyl (C=O) groups is 2. The van der Waals surface area contributed by atoms with E-state index in [9.17, 15) is 9.59 Å². The third-order valence-electron chi connectivity index (χ3n) is 3.15. The molecule has 0 fully saturated rings. The second kappa shape index (κ2) is 5.73. The van der Waals surface area contributed by atoms with Gasteiger partial charge in [-0.2, -0.15) is 0 Å². The van der Waals surface area contributed by atoms with Gasteiger partial charge < -0.3 is 14.8 Å². The third kappa shape index (κ3) is 3.16. The van der Waals surface area contributed by atoms with Crippen molar-refractivity contribution < 1.29 is 19.1 Å². The molecule has 0 unspecified atom stereocenters. The topological polar surface area (TPSA) is 79.5 Å². The van der Waals surface area contributed by atoms with Crippen molar-refractivity contribution in [3.8, 4) is 0 Å². The molecule has 2 N–H and O–H groups in total. The second-order valence-electron chi connectivity index (χ2n) is 5.16. The fraction of sp³-hybridized carbons (Fsp3) is 0.333. The van der Waals surface area contributed by atoms with E-state index in [1.807, 2.05) is 31.4 Å². The molecular formula is C15H17NO4S. The van der Waals surface area contributed by atoms with Gasteiger partial charge in [-0.3, -0.25) is 4.79 Å². The van der Waals surface area contributed by atoms with Crippen LogP contribution in [0.15, 0.2) is 28.0 Å². The zero-order valence-electron chi connectivity index (χ0n) is 12.1. The summed E-state index contributed by atoms with van der Waals surface area (Å²) in [5.74, 6) is -1.18. The molecule has 0 atom stereocenters. The Hall–Kier alpha value is -2.08. The molecule has 0 saturated heterocycles. The van der Waals surface area contributed by atoms with Gasteiger partial charge in [0.1, 0.15) is 11.3 Å². The maximum Gasteiger partial charge on any atom is 0.339 e. The molecule has 2 rings (SSSR count). The molecule has 2 heterocycles. The molecule has 0 aliphatic rings. The normalized spacial score (nSPS) is 11.4. The van der Waals surface area contributed by atoms with Crippen LogP contribution in [0.1, 0.15) is 52.3 Å². The number of aryl methyl sites for hydroxylation is 1. The lowest BCUT2D eigenvalue weighted by molar-refractivity contribution is 0.0694. The van der Waals surface area contributed by atoms with Crippen molar-refractivity contribution in [2.75, 3.05) is 0 Å². The molecule has 0 bridgehead atoms. The zero-order chi connectivity index (χ0) is 15.6. The number of carbonyl (C=O) groups excluding carboxylic acids is 1. The van der Waals surface area contributed by atoms with E-state index in [1.54, 1.807) is 18.3 Å². The Morgan fingerprint density at radius 3 is 2.62 bits per heavy atom. The fourth-order valence-electron chi connectivity index (χ4n) is 2.03. The smallest absolute Gasteiger partial charge is 0.339 e. The molecule has 0 spiro atoms. The van der Waals surface area contributed by atoms with Crippen LogP contribution in [0.3, 0.4) is 0 Å². The number of aromatic carboxylic acids is 1. The van der Waals surface area contributed by atoms with E-state index in [4.69, 9.17) is 9.52 Å². The van der Waals surface area contributed by atoms with Gasteiger partial charge in [0.05, 0.1) is 5.54 Å². The van der Waals surface area contributed by atoms with E-state index in [0.29, 0.717) is 12.2 Å². The summed E-state index contributed by atoms with van der Waals surface area (Å²) >= 11 is 1.55. The Morgan fingerprint density at radius 1 is 1.43 bits per heavy atom. The van der Waals surface area contributed by atoms with Gasteiger partial charge in [-0.15, -0.1) is 11.3 Å². The van der Waals surface area contributed by atoms with Crippen LogP contribution in [0.5, 0.6) is 0 Å². The van der Waals surface area contributed by atoms with Gasteiger partial charge in [0.15, 0.2) is 5.76 Å². The summed E-state index contributed by atoms with van der Waals surface area (Å²) in [6.07, 6.45) is 0.420. The third-order valence-corrected chi connectivity index (χ3v) is 4.34. The van der Waals surface area contributed by atoms with Gasteiger partial charge in [-0.1, -0.05) is 13.0 Å². The number of nitrogens with one attached hydrogen (secondary N) is 1. The summed E-state index contributed by atoms with van der Waals surface area (Å²) in [5, 5.41) is 13.9. The molecular weight excluding hydrogens is 290 g/mol. The van der Waals surface area contributed by atoms with Crippen LogP contribution in [-0.4, -0.2) is 17.0 Å². The fourth-order valence-corrected chi connectivity index (χ4v) is 2.83. The Kier molecular flexibility index (Phi) is 4.18. The summed E-state index contributed by atoms with van der Waals surface area (Å²) in [6.45, 7) is 5.56. The Balaban J connectivity index is 2.23. The summed E-state index contributed by atoms with van der Waals surface area (Å²) < 4.78 is 5.36. The molecule has 2 aromatic heterocycles. The van der Waals surface area contributed by atoms with Gasteiger partial charge in [-0.25, -0.2) is 4.79 Å². The molecule has 2 aromatic rings. The standard InChI is InChI=1S/C15H17NO4S/c1-4-10-9(14(18)19)8-11(20-10)13(17)16-15(2,3)12-6-5-7-21-12/h5-8H,4H2,1-3H3,(H,16,17)(H,18,19). The highest BCUT2D eigenvalue weighted by Gasteiger charge is 2.27. The Bertz CT molecular complexity index is 655. The lowest BCUT2D eigenvalue weighted by Gasteiger charge is -2.24. The van der Waals surface area contributed by atoms with Crippen molar-refractivity contribution in [2.24, 2.45) is 0 Å². The van der Waals surface area contributed by atoms with Crippen molar-refractivity contribution in [1.82, 2.24) is 5.32 Å². The number of hydrogen-bond donors (Lipinski definition) is 2. The average Bonchev–Trinajstić information content (AvgIpc) is 3.07. The molecule has 1 amide bonds. The minimum atomic E-state index is -1.09. The Morgan fingerprint density at radius 2 is 2.14 bits per heavy atom. The Labute approximate surface area is 126 Å². The van der Waals surface area contributed by atoms with Crippen LogP contribution in [0.4, 0.5) is 0 Å². The molecule has 6 heteroatoms. The number of hydrogen-bond acceptors (Lipinski definition) is 4. The first-order chi connectivity index (χ1) is 9.85. The summed E-state index contributed by atoms with van der Waals surface area (Å²) in [7, 11) is 0. The van der Waals surface area contributed by atoms with Crippen LogP contribution < -0.4 is 5.32 Å². The van der Waals surface area contributed by atoms with E-state index in [2.05, 4.69) is 5.32 Å². The first-order valence-electron chi connectivity index (χ1n) is 6.57. The highest BCUT2D eigenvalue weighted by atomic mass is 32.1. The minimum absolute atomic E-state index is 0.0221. The number of thiophene rings is 1. The maximum atomic E-state index is 12.3. The van der Waals surface area contributed by atoms with Crippen molar-refractivity contribution in [2.45, 2.75) is 32.7 Å². The summed E-state index contributed by atoms with van der Waals surface area (Å²) in [5.41, 5.74) is -0.509. The second-order valence-corrected chi connectivity index (χ2v) is 6.11. The van der Waals surface area contributed by atoms with Gasteiger partial charge >= 0.3 is 5.97 Å². The number of rotatable bonds is 5. The highest BCUT2D eigenvalue weighted by molar-refractivity contribution is 7.10. The van der Waals surface area contributed by atoms with Crippen molar-refractivity contribution in [3.63, 3.8) is 0 Å². The lowest BCUT2D eigenvalue weighted by atomic mass is 10.0. The molecule has 0 saturated carbocycles. The summed E-state index contributed by atoms with van der Waals surface area (Å²) in [4.78, 5) is 24.4. The SMILES string of the molecule is CCc1oc(C(=O)NC(C)(C)c2cccs2)cc1C(=O)O. The maximum absolute atomic E-state index is 12.3. The van der Waals surface area contributed by atoms with Gasteiger partial charge in [0.25, 0.3) is 5.91 Å². The number of furan rings is 1. The van der Waals surface area contributed by atoms with Crippen LogP contribution >= 0.6 is 11.3 Å². The molecule has 0 aliphatic heterocycles. The molecule has 0 radical (unpaired) electrons.